The Balaban J connectivity index is 1.40. The molecule has 0 aliphatic carbocycles. The third kappa shape index (κ3) is 7.06. The fraction of sp³-hybridized carbons (Fsp3) is 0.250. The highest BCUT2D eigenvalue weighted by molar-refractivity contribution is 5.95. The monoisotopic (exact) mass is 627 g/mol. The van der Waals surface area contributed by atoms with Crippen molar-refractivity contribution in [2.24, 2.45) is 0 Å². The number of rotatable bonds is 12. The van der Waals surface area contributed by atoms with Crippen LogP contribution in [0.5, 0.6) is 0 Å². The van der Waals surface area contributed by atoms with E-state index in [0.29, 0.717) is 23.4 Å². The maximum atomic E-state index is 13.1. The average Bonchev–Trinajstić information content (AvgIpc) is 3.66. The van der Waals surface area contributed by atoms with Crippen molar-refractivity contribution >= 4 is 11.9 Å². The first-order valence-corrected chi connectivity index (χ1v) is 14.4. The van der Waals surface area contributed by atoms with E-state index in [9.17, 15) is 19.8 Å². The number of hydrogen-bond acceptors (Lipinski definition) is 11. The van der Waals surface area contributed by atoms with Crippen molar-refractivity contribution in [3.8, 4) is 22.5 Å². The van der Waals surface area contributed by atoms with E-state index in [4.69, 9.17) is 10.4 Å². The van der Waals surface area contributed by atoms with E-state index < -0.39 is 22.9 Å². The minimum absolute atomic E-state index is 0.0314. The highest BCUT2D eigenvalue weighted by Gasteiger charge is 2.31. The highest BCUT2D eigenvalue weighted by atomic mass is 17.1. The predicted octanol–water partition coefficient (Wildman–Crippen LogP) is 4.33. The van der Waals surface area contributed by atoms with Gasteiger partial charge in [-0.25, -0.2) is 14.6 Å². The van der Waals surface area contributed by atoms with Crippen LogP contribution in [-0.4, -0.2) is 67.7 Å². The Morgan fingerprint density at radius 1 is 0.957 bits per heavy atom. The molecule has 2 heterocycles. The van der Waals surface area contributed by atoms with Crippen molar-refractivity contribution in [1.82, 2.24) is 35.1 Å². The van der Waals surface area contributed by atoms with Gasteiger partial charge in [-0.15, -0.1) is 10.2 Å². The number of aryl methyl sites for hydroxylation is 1. The lowest BCUT2D eigenvalue weighted by atomic mass is 9.98. The molecule has 0 fully saturated rings. The summed E-state index contributed by atoms with van der Waals surface area (Å²) in [6.07, 6.45) is 1.32. The molecular weight excluding hydrogens is 594 g/mol. The third-order valence-electron chi connectivity index (χ3n) is 7.19. The summed E-state index contributed by atoms with van der Waals surface area (Å²) in [6.45, 7) is 5.11. The standard InChI is InChI=1S/C32H33N7O7/c1-4-8-26-33-28(32(2,3)43)27(31(41)42)37(26)18-20-13-15-22(16-14-20)24-11-5-6-12-25(24)29-34-36-38(35-29)30(40)23-10-7-9-21(17-23)19-46-39(44)45/h5-7,9-17,43-45H,4,8,18-19H2,1-3H3,(H,41,42). The molecule has 0 atom stereocenters. The number of carbonyl (C=O) groups excluding carboxylic acids is 1. The van der Waals surface area contributed by atoms with Crippen molar-refractivity contribution in [2.75, 3.05) is 0 Å². The minimum atomic E-state index is -1.42. The van der Waals surface area contributed by atoms with E-state index in [1.807, 2.05) is 55.5 Å². The topological polar surface area (TPSA) is 189 Å². The maximum Gasteiger partial charge on any atom is 0.354 e. The Morgan fingerprint density at radius 2 is 1.67 bits per heavy atom. The largest absolute Gasteiger partial charge is 0.477 e. The fourth-order valence-corrected chi connectivity index (χ4v) is 5.08. The van der Waals surface area contributed by atoms with Gasteiger partial charge in [0, 0.05) is 24.1 Å². The molecule has 3 aromatic carbocycles. The summed E-state index contributed by atoms with van der Waals surface area (Å²) >= 11 is 0. The Bertz CT molecular complexity index is 1860. The van der Waals surface area contributed by atoms with Crippen LogP contribution < -0.4 is 0 Å². The lowest BCUT2D eigenvalue weighted by Crippen LogP contribution is -2.22. The Labute approximate surface area is 263 Å². The minimum Gasteiger partial charge on any atom is -0.477 e. The molecule has 0 aliphatic heterocycles. The normalized spacial score (nSPS) is 11.7. The summed E-state index contributed by atoms with van der Waals surface area (Å²) in [5.41, 5.74) is 2.56. The Morgan fingerprint density at radius 3 is 2.33 bits per heavy atom. The Hall–Kier alpha value is -5.12. The second kappa shape index (κ2) is 13.5. The first kappa shape index (κ1) is 32.3. The summed E-state index contributed by atoms with van der Waals surface area (Å²) in [7, 11) is 0. The van der Waals surface area contributed by atoms with Gasteiger partial charge >= 0.3 is 5.97 Å². The molecule has 0 spiro atoms. The average molecular weight is 628 g/mol. The van der Waals surface area contributed by atoms with Gasteiger partial charge in [0.25, 0.3) is 5.91 Å². The number of hydrogen-bond donors (Lipinski definition) is 4. The van der Waals surface area contributed by atoms with E-state index >= 15 is 0 Å². The second-order valence-corrected chi connectivity index (χ2v) is 11.1. The third-order valence-corrected chi connectivity index (χ3v) is 7.19. The molecule has 0 saturated carbocycles. The van der Waals surface area contributed by atoms with Gasteiger partial charge in [-0.2, -0.15) is 0 Å². The number of aliphatic hydroxyl groups is 1. The summed E-state index contributed by atoms with van der Waals surface area (Å²) in [4.78, 5) is 35.4. The maximum absolute atomic E-state index is 13.1. The molecule has 0 unspecified atom stereocenters. The van der Waals surface area contributed by atoms with Crippen molar-refractivity contribution in [3.05, 3.63) is 107 Å². The number of carboxylic acid groups (broad SMARTS) is 1. The van der Waals surface area contributed by atoms with E-state index in [1.54, 1.807) is 22.8 Å². The predicted molar refractivity (Wildman–Crippen MR) is 163 cm³/mol. The lowest BCUT2D eigenvalue weighted by molar-refractivity contribution is -0.497. The van der Waals surface area contributed by atoms with Gasteiger partial charge in [-0.1, -0.05) is 72.4 Å². The smallest absolute Gasteiger partial charge is 0.354 e. The molecule has 0 aliphatic rings. The zero-order valence-corrected chi connectivity index (χ0v) is 25.4. The summed E-state index contributed by atoms with van der Waals surface area (Å²) in [5, 5.41) is 50.2. The van der Waals surface area contributed by atoms with Gasteiger partial charge in [-0.05, 0) is 59.9 Å². The molecule has 46 heavy (non-hydrogen) atoms. The van der Waals surface area contributed by atoms with Crippen molar-refractivity contribution < 1.29 is 35.1 Å². The zero-order chi connectivity index (χ0) is 33.0. The van der Waals surface area contributed by atoms with Crippen LogP contribution in [0, 0.1) is 0 Å². The molecule has 14 nitrogen and oxygen atoms in total. The first-order valence-electron chi connectivity index (χ1n) is 14.4. The van der Waals surface area contributed by atoms with Gasteiger partial charge in [0.15, 0.2) is 5.69 Å². The van der Waals surface area contributed by atoms with Gasteiger partial charge in [0.2, 0.25) is 5.82 Å². The number of aromatic nitrogens is 6. The van der Waals surface area contributed by atoms with Crippen LogP contribution in [0.4, 0.5) is 0 Å². The van der Waals surface area contributed by atoms with Gasteiger partial charge in [-0.3, -0.25) is 15.2 Å². The molecule has 0 amide bonds. The quantitative estimate of drug-likeness (QED) is 0.144. The van der Waals surface area contributed by atoms with Crippen LogP contribution in [0.1, 0.15) is 70.7 Å². The number of tetrazole rings is 1. The van der Waals surface area contributed by atoms with E-state index in [1.165, 1.54) is 19.9 Å². The molecule has 0 radical (unpaired) electrons. The molecule has 0 bridgehead atoms. The molecule has 5 aromatic rings. The van der Waals surface area contributed by atoms with Gasteiger partial charge in [0.1, 0.15) is 17.1 Å². The summed E-state index contributed by atoms with van der Waals surface area (Å²) < 4.78 is 1.65. The molecule has 0 saturated heterocycles. The SMILES string of the molecule is CCCc1nc(C(C)(C)O)c(C(=O)O)n1Cc1ccc(-c2ccccc2-c2nnn(C(=O)c3cccc(CON(O)O)c3)n2)cc1. The molecule has 2 aromatic heterocycles. The molecule has 14 heteroatoms. The van der Waals surface area contributed by atoms with Gasteiger partial charge < -0.3 is 14.8 Å². The second-order valence-electron chi connectivity index (χ2n) is 11.1. The molecule has 5 rings (SSSR count). The highest BCUT2D eigenvalue weighted by Crippen LogP contribution is 2.31. The first-order chi connectivity index (χ1) is 22.0. The molecule has 238 valence electrons. The lowest BCUT2D eigenvalue weighted by Gasteiger charge is -2.16. The van der Waals surface area contributed by atoms with E-state index in [2.05, 4.69) is 25.2 Å². The fourth-order valence-electron chi connectivity index (χ4n) is 5.08. The van der Waals surface area contributed by atoms with E-state index in [-0.39, 0.29) is 35.9 Å². The van der Waals surface area contributed by atoms with Crippen molar-refractivity contribution in [2.45, 2.75) is 52.4 Å². The molecule has 4 N–H and O–H groups in total. The molecular formula is C32H33N7O7. The van der Waals surface area contributed by atoms with Crippen LogP contribution in [0.3, 0.4) is 0 Å². The van der Waals surface area contributed by atoms with Crippen molar-refractivity contribution in [1.29, 1.82) is 0 Å². The summed E-state index contributed by atoms with van der Waals surface area (Å²) in [5.74, 6) is -0.866. The zero-order valence-electron chi connectivity index (χ0n) is 25.4. The van der Waals surface area contributed by atoms with Crippen LogP contribution in [0.2, 0.25) is 0 Å². The number of imidazole rings is 1. The number of carbonyl (C=O) groups is 2. The number of carboxylic acids is 1. The Kier molecular flexibility index (Phi) is 9.46. The van der Waals surface area contributed by atoms with Gasteiger partial charge in [0.05, 0.1) is 12.0 Å². The number of benzene rings is 3. The van der Waals surface area contributed by atoms with Crippen molar-refractivity contribution in [3.63, 3.8) is 0 Å². The van der Waals surface area contributed by atoms with E-state index in [0.717, 1.165) is 27.9 Å². The summed E-state index contributed by atoms with van der Waals surface area (Å²) in [6, 6.07) is 21.4. The number of aromatic carboxylic acids is 1. The number of nitrogens with zero attached hydrogens (tertiary/aromatic N) is 7. The van der Waals surface area contributed by atoms with Crippen LogP contribution in [-0.2, 0) is 30.0 Å². The van der Waals surface area contributed by atoms with Crippen LogP contribution in [0.25, 0.3) is 22.5 Å². The van der Waals surface area contributed by atoms with Crippen LogP contribution >= 0.6 is 0 Å². The van der Waals surface area contributed by atoms with Crippen LogP contribution in [0.15, 0.2) is 72.8 Å².